The summed E-state index contributed by atoms with van der Waals surface area (Å²) < 4.78 is 22.9. The summed E-state index contributed by atoms with van der Waals surface area (Å²) in [6, 6.07) is 6.57. The topological polar surface area (TPSA) is 97.5 Å². The number of aliphatic carboxylic acids is 1. The van der Waals surface area contributed by atoms with E-state index in [1.165, 1.54) is 6.26 Å². The van der Waals surface area contributed by atoms with Gasteiger partial charge in [0.1, 0.15) is 9.84 Å². The molecule has 1 aromatic carbocycles. The number of carbonyl (C=O) groups is 1. The highest BCUT2D eigenvalue weighted by atomic mass is 32.2. The predicted molar refractivity (Wildman–Crippen MR) is 78.4 cm³/mol. The van der Waals surface area contributed by atoms with Crippen LogP contribution in [0.25, 0.3) is 0 Å². The minimum Gasteiger partial charge on any atom is -0.481 e. The van der Waals surface area contributed by atoms with E-state index in [0.29, 0.717) is 0 Å². The molecule has 0 radical (unpaired) electrons. The number of carboxylic acid groups (broad SMARTS) is 1. The Morgan fingerprint density at radius 1 is 1.30 bits per heavy atom. The highest BCUT2D eigenvalue weighted by Gasteiger charge is 2.25. The van der Waals surface area contributed by atoms with Crippen molar-refractivity contribution in [3.05, 3.63) is 35.4 Å². The lowest BCUT2D eigenvalue weighted by atomic mass is 9.86. The number of nitrogens with two attached hydrogens (primary N) is 1. The quantitative estimate of drug-likeness (QED) is 0.829. The molecule has 0 saturated heterocycles. The Labute approximate surface area is 119 Å². The van der Waals surface area contributed by atoms with Crippen molar-refractivity contribution >= 4 is 15.8 Å². The van der Waals surface area contributed by atoms with Crippen molar-refractivity contribution in [3.8, 4) is 0 Å². The number of hydrogen-bond acceptors (Lipinski definition) is 4. The van der Waals surface area contributed by atoms with Crippen LogP contribution in [0.2, 0.25) is 0 Å². The molecule has 0 aliphatic carbocycles. The van der Waals surface area contributed by atoms with E-state index in [1.807, 2.05) is 26.0 Å². The Bertz CT molecular complexity index is 576. The Morgan fingerprint density at radius 2 is 1.80 bits per heavy atom. The summed E-state index contributed by atoms with van der Waals surface area (Å²) in [5.41, 5.74) is 6.89. The normalized spacial score (nSPS) is 14.0. The SMILES string of the molecule is CC(C)(CS(C)(=O)=O)c1ccc(C(N)CC(=O)O)cc1. The average Bonchev–Trinajstić information content (AvgIpc) is 2.25. The second kappa shape index (κ2) is 5.93. The Balaban J connectivity index is 2.93. The molecule has 20 heavy (non-hydrogen) atoms. The molecule has 0 aliphatic heterocycles. The van der Waals surface area contributed by atoms with Gasteiger partial charge in [0.25, 0.3) is 0 Å². The van der Waals surface area contributed by atoms with Gasteiger partial charge in [-0.05, 0) is 11.1 Å². The van der Waals surface area contributed by atoms with Crippen LogP contribution in [0, 0.1) is 0 Å². The van der Waals surface area contributed by atoms with E-state index >= 15 is 0 Å². The van der Waals surface area contributed by atoms with Crippen molar-refractivity contribution in [2.24, 2.45) is 5.73 Å². The largest absolute Gasteiger partial charge is 0.481 e. The molecule has 0 aromatic heterocycles. The van der Waals surface area contributed by atoms with Crippen LogP contribution in [0.4, 0.5) is 0 Å². The van der Waals surface area contributed by atoms with E-state index in [-0.39, 0.29) is 12.2 Å². The molecular formula is C14H21NO4S. The lowest BCUT2D eigenvalue weighted by Gasteiger charge is -2.24. The van der Waals surface area contributed by atoms with Crippen molar-refractivity contribution < 1.29 is 18.3 Å². The first-order valence-corrected chi connectivity index (χ1v) is 8.33. The Morgan fingerprint density at radius 3 is 2.20 bits per heavy atom. The summed E-state index contributed by atoms with van der Waals surface area (Å²) in [4.78, 5) is 10.6. The molecule has 0 saturated carbocycles. The second-order valence-corrected chi connectivity index (χ2v) is 7.92. The molecule has 1 aromatic rings. The molecule has 0 fully saturated rings. The van der Waals surface area contributed by atoms with Gasteiger partial charge in [0.05, 0.1) is 12.2 Å². The smallest absolute Gasteiger partial charge is 0.305 e. The molecule has 0 heterocycles. The minimum absolute atomic E-state index is 0.0561. The number of rotatable bonds is 6. The molecule has 1 unspecified atom stereocenters. The fraction of sp³-hybridized carbons (Fsp3) is 0.500. The molecule has 0 aliphatic rings. The van der Waals surface area contributed by atoms with Gasteiger partial charge in [-0.25, -0.2) is 8.42 Å². The lowest BCUT2D eigenvalue weighted by molar-refractivity contribution is -0.137. The molecule has 6 heteroatoms. The Hall–Kier alpha value is -1.40. The first kappa shape index (κ1) is 16.7. The summed E-state index contributed by atoms with van der Waals surface area (Å²) in [7, 11) is -3.07. The van der Waals surface area contributed by atoms with Gasteiger partial charge in [-0.3, -0.25) is 4.79 Å². The van der Waals surface area contributed by atoms with Crippen molar-refractivity contribution in [2.45, 2.75) is 31.7 Å². The van der Waals surface area contributed by atoms with E-state index in [4.69, 9.17) is 10.8 Å². The average molecular weight is 299 g/mol. The molecule has 112 valence electrons. The van der Waals surface area contributed by atoms with Crippen molar-refractivity contribution in [3.63, 3.8) is 0 Å². The van der Waals surface area contributed by atoms with E-state index < -0.39 is 27.3 Å². The van der Waals surface area contributed by atoms with Gasteiger partial charge in [0, 0.05) is 17.7 Å². The van der Waals surface area contributed by atoms with Gasteiger partial charge in [-0.15, -0.1) is 0 Å². The third kappa shape index (κ3) is 4.94. The lowest BCUT2D eigenvalue weighted by Crippen LogP contribution is -2.27. The summed E-state index contributed by atoms with van der Waals surface area (Å²) in [5.74, 6) is -0.889. The first-order chi connectivity index (χ1) is 9.01. The second-order valence-electron chi connectivity index (χ2n) is 5.78. The molecule has 0 amide bonds. The maximum atomic E-state index is 11.4. The van der Waals surface area contributed by atoms with Crippen LogP contribution in [-0.2, 0) is 20.0 Å². The zero-order valence-electron chi connectivity index (χ0n) is 12.0. The van der Waals surface area contributed by atoms with Crippen molar-refractivity contribution in [2.75, 3.05) is 12.0 Å². The predicted octanol–water partition coefficient (Wildman–Crippen LogP) is 1.48. The van der Waals surface area contributed by atoms with E-state index in [1.54, 1.807) is 12.1 Å². The molecule has 0 spiro atoms. The van der Waals surface area contributed by atoms with Gasteiger partial charge in [0.15, 0.2) is 0 Å². The standard InChI is InChI=1S/C14H21NO4S/c1-14(2,9-20(3,18)19)11-6-4-10(5-7-11)12(15)8-13(16)17/h4-7,12H,8-9,15H2,1-3H3,(H,16,17). The van der Waals surface area contributed by atoms with Crippen molar-refractivity contribution in [1.29, 1.82) is 0 Å². The molecule has 1 rings (SSSR count). The maximum absolute atomic E-state index is 11.4. The highest BCUT2D eigenvalue weighted by Crippen LogP contribution is 2.26. The number of carboxylic acids is 1. The van der Waals surface area contributed by atoms with Crippen molar-refractivity contribution in [1.82, 2.24) is 0 Å². The van der Waals surface area contributed by atoms with E-state index in [9.17, 15) is 13.2 Å². The maximum Gasteiger partial charge on any atom is 0.305 e. The fourth-order valence-electron chi connectivity index (χ4n) is 2.23. The summed E-state index contributed by atoms with van der Waals surface area (Å²) >= 11 is 0. The monoisotopic (exact) mass is 299 g/mol. The van der Waals surface area contributed by atoms with Crippen LogP contribution < -0.4 is 5.73 Å². The van der Waals surface area contributed by atoms with Crippen LogP contribution in [0.15, 0.2) is 24.3 Å². The molecule has 5 nitrogen and oxygen atoms in total. The minimum atomic E-state index is -3.07. The van der Waals surface area contributed by atoms with Gasteiger partial charge < -0.3 is 10.8 Å². The van der Waals surface area contributed by atoms with Crippen LogP contribution in [0.3, 0.4) is 0 Å². The summed E-state index contributed by atoms with van der Waals surface area (Å²) in [6.45, 7) is 3.72. The number of sulfone groups is 1. The highest BCUT2D eigenvalue weighted by molar-refractivity contribution is 7.90. The number of hydrogen-bond donors (Lipinski definition) is 2. The fourth-order valence-corrected chi connectivity index (χ4v) is 3.70. The van der Waals surface area contributed by atoms with Gasteiger partial charge >= 0.3 is 5.97 Å². The van der Waals surface area contributed by atoms with Crippen LogP contribution >= 0.6 is 0 Å². The van der Waals surface area contributed by atoms with Gasteiger partial charge in [0.2, 0.25) is 0 Å². The third-order valence-electron chi connectivity index (χ3n) is 3.14. The van der Waals surface area contributed by atoms with E-state index in [0.717, 1.165) is 11.1 Å². The zero-order valence-corrected chi connectivity index (χ0v) is 12.8. The van der Waals surface area contributed by atoms with Crippen LogP contribution in [0.5, 0.6) is 0 Å². The van der Waals surface area contributed by atoms with Gasteiger partial charge in [-0.2, -0.15) is 0 Å². The van der Waals surface area contributed by atoms with Crippen LogP contribution in [0.1, 0.15) is 37.4 Å². The summed E-state index contributed by atoms with van der Waals surface area (Å²) in [6.07, 6.45) is 1.08. The first-order valence-electron chi connectivity index (χ1n) is 6.27. The van der Waals surface area contributed by atoms with E-state index in [2.05, 4.69) is 0 Å². The summed E-state index contributed by atoms with van der Waals surface area (Å²) in [5, 5.41) is 8.71. The molecule has 3 N–H and O–H groups in total. The third-order valence-corrected chi connectivity index (χ3v) is 4.38. The number of benzene rings is 1. The molecule has 0 bridgehead atoms. The van der Waals surface area contributed by atoms with Gasteiger partial charge in [-0.1, -0.05) is 38.1 Å². The van der Waals surface area contributed by atoms with Crippen LogP contribution in [-0.4, -0.2) is 31.5 Å². The molecule has 1 atom stereocenters. The Kier molecular flexibility index (Phi) is 4.94. The molecular weight excluding hydrogens is 278 g/mol. The zero-order chi connectivity index (χ0) is 15.6.